The molecule has 1 fully saturated rings. The summed E-state index contributed by atoms with van der Waals surface area (Å²) in [5, 5.41) is 0. The quantitative estimate of drug-likeness (QED) is 0.885. The van der Waals surface area contributed by atoms with E-state index in [0.717, 1.165) is 25.9 Å². The van der Waals surface area contributed by atoms with Crippen LogP contribution in [0.2, 0.25) is 0 Å². The minimum Gasteiger partial charge on any atom is -0.377 e. The van der Waals surface area contributed by atoms with Crippen molar-refractivity contribution in [2.45, 2.75) is 50.4 Å². The monoisotopic (exact) mass is 260 g/mol. The number of nitrogens with zero attached hydrogens (tertiary/aromatic N) is 1. The molecule has 1 heterocycles. The number of aryl methyl sites for hydroxylation is 1. The van der Waals surface area contributed by atoms with Crippen molar-refractivity contribution in [3.63, 3.8) is 0 Å². The van der Waals surface area contributed by atoms with Gasteiger partial charge in [0.05, 0.1) is 6.10 Å². The molecule has 1 aromatic carbocycles. The van der Waals surface area contributed by atoms with E-state index in [0.29, 0.717) is 18.2 Å². The van der Waals surface area contributed by atoms with Crippen LogP contribution in [0.5, 0.6) is 0 Å². The molecule has 4 atom stereocenters. The summed E-state index contributed by atoms with van der Waals surface area (Å²) in [7, 11) is 2.22. The molecule has 0 saturated carbocycles. The van der Waals surface area contributed by atoms with Crippen molar-refractivity contribution in [2.75, 3.05) is 13.7 Å². The van der Waals surface area contributed by atoms with Crippen molar-refractivity contribution in [3.05, 3.63) is 35.4 Å². The van der Waals surface area contributed by atoms with E-state index in [1.54, 1.807) is 0 Å². The van der Waals surface area contributed by atoms with Gasteiger partial charge in [0, 0.05) is 24.7 Å². The summed E-state index contributed by atoms with van der Waals surface area (Å²) in [6, 6.07) is 9.69. The van der Waals surface area contributed by atoms with Gasteiger partial charge in [-0.3, -0.25) is 4.90 Å². The third-order valence-corrected chi connectivity index (χ3v) is 4.92. The Hall–Kier alpha value is -0.900. The summed E-state index contributed by atoms with van der Waals surface area (Å²) >= 11 is 0. The van der Waals surface area contributed by atoms with E-state index in [9.17, 15) is 0 Å². The molecular formula is C16H24N2O. The summed E-state index contributed by atoms with van der Waals surface area (Å²) in [6.07, 6.45) is 3.75. The molecule has 2 aliphatic rings. The highest BCUT2D eigenvalue weighted by Gasteiger charge is 2.36. The van der Waals surface area contributed by atoms with Gasteiger partial charge >= 0.3 is 0 Å². The lowest BCUT2D eigenvalue weighted by Gasteiger charge is -2.41. The van der Waals surface area contributed by atoms with Crippen LogP contribution in [0.25, 0.3) is 0 Å². The van der Waals surface area contributed by atoms with Crippen LogP contribution in [-0.2, 0) is 11.2 Å². The van der Waals surface area contributed by atoms with E-state index in [-0.39, 0.29) is 6.04 Å². The Bertz CT molecular complexity index is 448. The predicted octanol–water partition coefficient (Wildman–Crippen LogP) is 2.11. The second kappa shape index (κ2) is 5.23. The molecule has 1 aromatic rings. The van der Waals surface area contributed by atoms with Crippen LogP contribution >= 0.6 is 0 Å². The minimum absolute atomic E-state index is 0.128. The molecule has 1 saturated heterocycles. The average molecular weight is 260 g/mol. The van der Waals surface area contributed by atoms with Crippen molar-refractivity contribution in [3.8, 4) is 0 Å². The fourth-order valence-electron chi connectivity index (χ4n) is 3.74. The number of likely N-dealkylation sites (N-methyl/N-ethyl adjacent to an activating group) is 1. The molecular weight excluding hydrogens is 236 g/mol. The molecule has 3 heteroatoms. The molecule has 4 unspecified atom stereocenters. The van der Waals surface area contributed by atoms with E-state index in [4.69, 9.17) is 10.5 Å². The number of hydrogen-bond acceptors (Lipinski definition) is 3. The normalized spacial score (nSPS) is 34.5. The molecule has 0 amide bonds. The summed E-state index contributed by atoms with van der Waals surface area (Å²) in [5.41, 5.74) is 9.28. The zero-order chi connectivity index (χ0) is 13.4. The van der Waals surface area contributed by atoms with Crippen molar-refractivity contribution in [2.24, 2.45) is 5.73 Å². The molecule has 0 bridgehead atoms. The Labute approximate surface area is 115 Å². The Balaban J connectivity index is 1.80. The van der Waals surface area contributed by atoms with Gasteiger partial charge in [0.1, 0.15) is 0 Å². The first-order valence-corrected chi connectivity index (χ1v) is 7.35. The maximum Gasteiger partial charge on any atom is 0.0703 e. The summed E-state index contributed by atoms with van der Waals surface area (Å²) in [4.78, 5) is 2.47. The second-order valence-corrected chi connectivity index (χ2v) is 5.93. The molecule has 0 spiro atoms. The highest BCUT2D eigenvalue weighted by Crippen LogP contribution is 2.33. The molecule has 0 radical (unpaired) electrons. The van der Waals surface area contributed by atoms with Crippen LogP contribution in [0.1, 0.15) is 36.9 Å². The molecule has 3 rings (SSSR count). The lowest BCUT2D eigenvalue weighted by molar-refractivity contribution is 0.0575. The van der Waals surface area contributed by atoms with E-state index >= 15 is 0 Å². The van der Waals surface area contributed by atoms with Crippen LogP contribution in [0.3, 0.4) is 0 Å². The molecule has 19 heavy (non-hydrogen) atoms. The fourth-order valence-corrected chi connectivity index (χ4v) is 3.74. The average Bonchev–Trinajstić information content (AvgIpc) is 2.85. The van der Waals surface area contributed by atoms with Crippen LogP contribution < -0.4 is 5.73 Å². The van der Waals surface area contributed by atoms with Gasteiger partial charge in [0.25, 0.3) is 0 Å². The molecule has 2 N–H and O–H groups in total. The Kier molecular flexibility index (Phi) is 3.61. The number of hydrogen-bond donors (Lipinski definition) is 1. The topological polar surface area (TPSA) is 38.5 Å². The zero-order valence-corrected chi connectivity index (χ0v) is 11.9. The van der Waals surface area contributed by atoms with E-state index in [1.165, 1.54) is 11.1 Å². The lowest BCUT2D eigenvalue weighted by Crippen LogP contribution is -2.50. The van der Waals surface area contributed by atoms with E-state index < -0.39 is 0 Å². The number of rotatable bonds is 2. The number of ether oxygens (including phenoxy) is 1. The highest BCUT2D eigenvalue weighted by molar-refractivity contribution is 5.33. The Morgan fingerprint density at radius 1 is 1.21 bits per heavy atom. The molecule has 0 aromatic heterocycles. The van der Waals surface area contributed by atoms with E-state index in [1.807, 2.05) is 0 Å². The van der Waals surface area contributed by atoms with Crippen molar-refractivity contribution in [1.29, 1.82) is 0 Å². The fraction of sp³-hybridized carbons (Fsp3) is 0.625. The van der Waals surface area contributed by atoms with Crippen LogP contribution in [0, 0.1) is 0 Å². The van der Waals surface area contributed by atoms with Gasteiger partial charge in [-0.25, -0.2) is 0 Å². The third kappa shape index (κ3) is 2.31. The SMILES string of the molecule is CC1OCCC1N(C)C1CCc2ccccc2C1N. The van der Waals surface area contributed by atoms with Gasteiger partial charge in [0.15, 0.2) is 0 Å². The number of benzene rings is 1. The van der Waals surface area contributed by atoms with Crippen molar-refractivity contribution in [1.82, 2.24) is 4.90 Å². The van der Waals surface area contributed by atoms with Crippen LogP contribution in [-0.4, -0.2) is 36.7 Å². The molecule has 3 nitrogen and oxygen atoms in total. The maximum absolute atomic E-state index is 6.52. The number of fused-ring (bicyclic) bond motifs is 1. The summed E-state index contributed by atoms with van der Waals surface area (Å²) in [6.45, 7) is 3.06. The lowest BCUT2D eigenvalue weighted by atomic mass is 9.83. The Morgan fingerprint density at radius 3 is 2.74 bits per heavy atom. The van der Waals surface area contributed by atoms with Crippen molar-refractivity contribution < 1.29 is 4.74 Å². The van der Waals surface area contributed by atoms with Gasteiger partial charge in [-0.2, -0.15) is 0 Å². The van der Waals surface area contributed by atoms with Crippen molar-refractivity contribution >= 4 is 0 Å². The van der Waals surface area contributed by atoms with Crippen LogP contribution in [0.15, 0.2) is 24.3 Å². The molecule has 1 aliphatic carbocycles. The number of nitrogens with two attached hydrogens (primary N) is 1. The first kappa shape index (κ1) is 13.1. The highest BCUT2D eigenvalue weighted by atomic mass is 16.5. The molecule has 104 valence electrons. The summed E-state index contributed by atoms with van der Waals surface area (Å²) in [5.74, 6) is 0. The summed E-state index contributed by atoms with van der Waals surface area (Å²) < 4.78 is 5.70. The minimum atomic E-state index is 0.128. The Morgan fingerprint density at radius 2 is 2.00 bits per heavy atom. The van der Waals surface area contributed by atoms with Gasteiger partial charge in [-0.15, -0.1) is 0 Å². The first-order chi connectivity index (χ1) is 9.18. The predicted molar refractivity (Wildman–Crippen MR) is 77.1 cm³/mol. The third-order valence-electron chi connectivity index (χ3n) is 4.92. The maximum atomic E-state index is 6.52. The van der Waals surface area contributed by atoms with Gasteiger partial charge < -0.3 is 10.5 Å². The van der Waals surface area contributed by atoms with E-state index in [2.05, 4.69) is 43.1 Å². The van der Waals surface area contributed by atoms with Gasteiger partial charge in [-0.1, -0.05) is 24.3 Å². The van der Waals surface area contributed by atoms with Gasteiger partial charge in [-0.05, 0) is 44.4 Å². The smallest absolute Gasteiger partial charge is 0.0703 e. The second-order valence-electron chi connectivity index (χ2n) is 5.93. The van der Waals surface area contributed by atoms with Crippen LogP contribution in [0.4, 0.5) is 0 Å². The zero-order valence-electron chi connectivity index (χ0n) is 11.9. The standard InChI is InChI=1S/C16H24N2O/c1-11-14(9-10-19-11)18(2)15-8-7-12-5-3-4-6-13(12)16(15)17/h3-6,11,14-16H,7-10,17H2,1-2H3. The molecule has 1 aliphatic heterocycles. The van der Waals surface area contributed by atoms with Gasteiger partial charge in [0.2, 0.25) is 0 Å². The largest absolute Gasteiger partial charge is 0.377 e. The first-order valence-electron chi connectivity index (χ1n) is 7.35.